The molecule has 14 nitrogen and oxygen atoms in total. The maximum atomic E-state index is 12.6. The fraction of sp³-hybridized carbons (Fsp3) is 0.880. The van der Waals surface area contributed by atoms with Gasteiger partial charge in [-0.2, -0.15) is 0 Å². The van der Waals surface area contributed by atoms with Gasteiger partial charge in [0.15, 0.2) is 5.60 Å². The van der Waals surface area contributed by atoms with Gasteiger partial charge >= 0.3 is 12.1 Å². The summed E-state index contributed by atoms with van der Waals surface area (Å²) in [5.74, 6) is -1.96. The Morgan fingerprint density at radius 3 is 2.28 bits per heavy atom. The van der Waals surface area contributed by atoms with E-state index in [0.29, 0.717) is 13.2 Å². The van der Waals surface area contributed by atoms with E-state index in [4.69, 9.17) is 18.9 Å². The van der Waals surface area contributed by atoms with E-state index in [0.717, 1.165) is 0 Å². The van der Waals surface area contributed by atoms with Gasteiger partial charge in [0, 0.05) is 13.5 Å². The number of aliphatic hydroxyl groups is 4. The fourth-order valence-corrected chi connectivity index (χ4v) is 4.45. The zero-order valence-corrected chi connectivity index (χ0v) is 23.4. The number of carbonyl (C=O) groups excluding carboxylic acids is 2. The first-order valence-electron chi connectivity index (χ1n) is 13.1. The number of carbonyl (C=O) groups is 3. The van der Waals surface area contributed by atoms with Gasteiger partial charge in [0.25, 0.3) is 0 Å². The Balaban J connectivity index is 2.93. The summed E-state index contributed by atoms with van der Waals surface area (Å²) in [6.07, 6.45) is -7.97. The molecule has 0 aliphatic carbocycles. The van der Waals surface area contributed by atoms with Crippen LogP contribution in [0.15, 0.2) is 0 Å². The van der Waals surface area contributed by atoms with E-state index in [1.807, 2.05) is 27.7 Å². The molecule has 8 atom stereocenters. The molecule has 0 aromatic carbocycles. The maximum Gasteiger partial charge on any atom is 0.407 e. The molecule has 1 saturated heterocycles. The van der Waals surface area contributed by atoms with Gasteiger partial charge < -0.3 is 55.1 Å². The van der Waals surface area contributed by atoms with Gasteiger partial charge in [0.05, 0.1) is 38.6 Å². The van der Waals surface area contributed by atoms with Crippen molar-refractivity contribution in [3.8, 4) is 0 Å². The predicted octanol–water partition coefficient (Wildman–Crippen LogP) is -1.13. The molecule has 1 fully saturated rings. The number of amides is 2. The first-order valence-corrected chi connectivity index (χ1v) is 13.1. The lowest BCUT2D eigenvalue weighted by atomic mass is 9.74. The molecule has 0 bridgehead atoms. The standard InChI is InChI=1S/C25H46N2O12/c1-14(2)16(4)15(3)10-25(23(33)34)11-17(29)20(22(39-25)21(32)18(30)13-28)27-19(31)12-26-24(35)38-9-8-37-7-6-36-5/h14-18,20-22,28-30,32H,6-13H2,1-5H3,(H,26,35)(H,27,31)(H,33,34). The molecule has 1 aliphatic heterocycles. The Hall–Kier alpha value is -2.07. The van der Waals surface area contributed by atoms with Crippen molar-refractivity contribution >= 4 is 18.0 Å². The second-order valence-corrected chi connectivity index (χ2v) is 10.4. The van der Waals surface area contributed by atoms with E-state index in [9.17, 15) is 39.9 Å². The Morgan fingerprint density at radius 1 is 1.08 bits per heavy atom. The van der Waals surface area contributed by atoms with Crippen molar-refractivity contribution < 1.29 is 58.9 Å². The minimum Gasteiger partial charge on any atom is -0.479 e. The third-order valence-corrected chi connectivity index (χ3v) is 7.19. The van der Waals surface area contributed by atoms with E-state index in [2.05, 4.69) is 10.6 Å². The lowest BCUT2D eigenvalue weighted by Crippen LogP contribution is -2.68. The monoisotopic (exact) mass is 566 g/mol. The fourth-order valence-electron chi connectivity index (χ4n) is 4.45. The number of hydrogen-bond donors (Lipinski definition) is 7. The van der Waals surface area contributed by atoms with Crippen molar-refractivity contribution in [2.24, 2.45) is 17.8 Å². The van der Waals surface area contributed by atoms with Gasteiger partial charge in [-0.25, -0.2) is 9.59 Å². The first kappa shape index (κ1) is 35.0. The Morgan fingerprint density at radius 2 is 1.72 bits per heavy atom. The van der Waals surface area contributed by atoms with Gasteiger partial charge in [-0.1, -0.05) is 27.7 Å². The lowest BCUT2D eigenvalue weighted by Gasteiger charge is -2.48. The number of carboxylic acids is 1. The van der Waals surface area contributed by atoms with Crippen molar-refractivity contribution in [3.63, 3.8) is 0 Å². The van der Waals surface area contributed by atoms with Crippen LogP contribution >= 0.6 is 0 Å². The summed E-state index contributed by atoms with van der Waals surface area (Å²) in [5.41, 5.74) is -1.92. The van der Waals surface area contributed by atoms with Crippen molar-refractivity contribution in [1.29, 1.82) is 0 Å². The average molecular weight is 567 g/mol. The van der Waals surface area contributed by atoms with Gasteiger partial charge in [-0.05, 0) is 24.2 Å². The van der Waals surface area contributed by atoms with Crippen LogP contribution in [-0.4, -0.2) is 126 Å². The zero-order chi connectivity index (χ0) is 29.8. The highest BCUT2D eigenvalue weighted by Crippen LogP contribution is 2.39. The highest BCUT2D eigenvalue weighted by molar-refractivity contribution is 5.82. The van der Waals surface area contributed by atoms with Crippen LogP contribution in [0, 0.1) is 17.8 Å². The lowest BCUT2D eigenvalue weighted by molar-refractivity contribution is -0.234. The van der Waals surface area contributed by atoms with E-state index < -0.39 is 73.6 Å². The van der Waals surface area contributed by atoms with Crippen LogP contribution in [0.5, 0.6) is 0 Å². The third-order valence-electron chi connectivity index (χ3n) is 7.19. The second kappa shape index (κ2) is 16.9. The molecule has 0 aromatic rings. The van der Waals surface area contributed by atoms with E-state index in [1.54, 1.807) is 0 Å². The van der Waals surface area contributed by atoms with Crippen molar-refractivity contribution in [3.05, 3.63) is 0 Å². The van der Waals surface area contributed by atoms with Gasteiger partial charge in [0.1, 0.15) is 31.5 Å². The number of aliphatic hydroxyl groups excluding tert-OH is 4. The summed E-state index contributed by atoms with van der Waals surface area (Å²) in [5, 5.41) is 55.9. The molecule has 0 spiro atoms. The molecule has 1 rings (SSSR count). The number of hydrogen-bond acceptors (Lipinski definition) is 11. The number of carboxylic acid groups (broad SMARTS) is 1. The minimum absolute atomic E-state index is 0.000422. The molecule has 1 heterocycles. The zero-order valence-electron chi connectivity index (χ0n) is 23.4. The van der Waals surface area contributed by atoms with Crippen LogP contribution in [0.1, 0.15) is 40.5 Å². The summed E-state index contributed by atoms with van der Waals surface area (Å²) >= 11 is 0. The molecule has 39 heavy (non-hydrogen) atoms. The maximum absolute atomic E-state index is 12.6. The van der Waals surface area contributed by atoms with Crippen molar-refractivity contribution in [1.82, 2.24) is 10.6 Å². The molecule has 228 valence electrons. The van der Waals surface area contributed by atoms with Crippen molar-refractivity contribution in [2.45, 2.75) is 76.6 Å². The Kier molecular flexibility index (Phi) is 15.1. The number of methoxy groups -OCH3 is 1. The molecule has 8 unspecified atom stereocenters. The van der Waals surface area contributed by atoms with Crippen LogP contribution in [0.2, 0.25) is 0 Å². The van der Waals surface area contributed by atoms with Crippen LogP contribution in [-0.2, 0) is 28.5 Å². The quantitative estimate of drug-likeness (QED) is 0.104. The molecule has 14 heteroatoms. The van der Waals surface area contributed by atoms with E-state index in [-0.39, 0.29) is 37.4 Å². The molecule has 0 saturated carbocycles. The van der Waals surface area contributed by atoms with E-state index in [1.165, 1.54) is 7.11 Å². The number of alkyl carbamates (subject to hydrolysis) is 1. The molecular weight excluding hydrogens is 520 g/mol. The normalized spacial score (nSPS) is 26.4. The van der Waals surface area contributed by atoms with Gasteiger partial charge in [-0.15, -0.1) is 0 Å². The number of rotatable bonds is 17. The highest BCUT2D eigenvalue weighted by atomic mass is 16.6. The topological polar surface area (TPSA) is 213 Å². The molecule has 7 N–H and O–H groups in total. The SMILES string of the molecule is COCCOCCOC(=O)NCC(=O)NC1C(O)CC(CC(C)C(C)C(C)C)(C(=O)O)OC1C(O)C(O)CO. The smallest absolute Gasteiger partial charge is 0.407 e. The molecule has 0 aromatic heterocycles. The van der Waals surface area contributed by atoms with Crippen LogP contribution < -0.4 is 10.6 Å². The molecule has 2 amide bonds. The van der Waals surface area contributed by atoms with Gasteiger partial charge in [0.2, 0.25) is 5.91 Å². The summed E-state index contributed by atoms with van der Waals surface area (Å²) in [4.78, 5) is 36.8. The Labute approximate surface area is 229 Å². The number of aliphatic carboxylic acids is 1. The molecule has 1 aliphatic rings. The highest BCUT2D eigenvalue weighted by Gasteiger charge is 2.55. The second-order valence-electron chi connectivity index (χ2n) is 10.4. The van der Waals surface area contributed by atoms with Crippen LogP contribution in [0.4, 0.5) is 4.79 Å². The van der Waals surface area contributed by atoms with E-state index >= 15 is 0 Å². The largest absolute Gasteiger partial charge is 0.479 e. The third kappa shape index (κ3) is 10.8. The minimum atomic E-state index is -1.92. The summed E-state index contributed by atoms with van der Waals surface area (Å²) in [7, 11) is 1.52. The number of nitrogens with one attached hydrogen (secondary N) is 2. The van der Waals surface area contributed by atoms with Crippen LogP contribution in [0.3, 0.4) is 0 Å². The van der Waals surface area contributed by atoms with Crippen molar-refractivity contribution in [2.75, 3.05) is 46.7 Å². The van der Waals surface area contributed by atoms with Crippen LogP contribution in [0.25, 0.3) is 0 Å². The summed E-state index contributed by atoms with van der Waals surface area (Å²) in [6, 6.07) is -1.36. The summed E-state index contributed by atoms with van der Waals surface area (Å²) in [6.45, 7) is 7.18. The summed E-state index contributed by atoms with van der Waals surface area (Å²) < 4.78 is 20.7. The average Bonchev–Trinajstić information content (AvgIpc) is 2.89. The molecular formula is C25H46N2O12. The predicted molar refractivity (Wildman–Crippen MR) is 137 cm³/mol. The number of ether oxygens (including phenoxy) is 4. The Bertz CT molecular complexity index is 769. The first-order chi connectivity index (χ1) is 18.3. The molecule has 0 radical (unpaired) electrons. The van der Waals surface area contributed by atoms with Gasteiger partial charge in [-0.3, -0.25) is 4.79 Å².